The third-order valence-electron chi connectivity index (χ3n) is 7.74. The summed E-state index contributed by atoms with van der Waals surface area (Å²) in [7, 11) is 1.89. The van der Waals surface area contributed by atoms with Gasteiger partial charge in [0, 0.05) is 42.5 Å². The van der Waals surface area contributed by atoms with E-state index in [1.807, 2.05) is 49.7 Å². The molecule has 42 heavy (non-hydrogen) atoms. The minimum absolute atomic E-state index is 0.0229. The number of nitrogens with zero attached hydrogens (tertiary/aromatic N) is 3. The number of halogens is 2. The summed E-state index contributed by atoms with van der Waals surface area (Å²) in [5.74, 6) is -1.29. The van der Waals surface area contributed by atoms with Crippen LogP contribution in [0.2, 0.25) is 5.02 Å². The van der Waals surface area contributed by atoms with Crippen LogP contribution in [0.3, 0.4) is 0 Å². The molecular weight excluding hydrogens is 557 g/mol. The molecule has 2 aromatic carbocycles. The number of aromatic nitrogens is 3. The van der Waals surface area contributed by atoms with Crippen molar-refractivity contribution in [1.29, 1.82) is 0 Å². The zero-order valence-electron chi connectivity index (χ0n) is 23.7. The minimum Gasteiger partial charge on any atom is -0.341 e. The molecule has 4 aromatic rings. The SMILES string of the molecule is CC(C)n1cc(-c2ccc(Cl)c(CC(NC(=O)C3(F)CCC3)C(=O)Nc3ccc(-c4cncn4C)cc3)c2)ccc1=O. The topological polar surface area (TPSA) is 98.0 Å². The number of alkyl halides is 1. The summed E-state index contributed by atoms with van der Waals surface area (Å²) < 4.78 is 18.5. The second-order valence-corrected chi connectivity index (χ2v) is 11.5. The smallest absolute Gasteiger partial charge is 0.258 e. The van der Waals surface area contributed by atoms with Gasteiger partial charge in [0.05, 0.1) is 18.2 Å². The molecule has 10 heteroatoms. The predicted molar refractivity (Wildman–Crippen MR) is 162 cm³/mol. The maximum Gasteiger partial charge on any atom is 0.258 e. The third kappa shape index (κ3) is 6.16. The van der Waals surface area contributed by atoms with E-state index < -0.39 is 23.5 Å². The molecule has 5 rings (SSSR count). The fraction of sp³-hybridized carbons (Fsp3) is 0.312. The van der Waals surface area contributed by atoms with Crippen LogP contribution >= 0.6 is 11.6 Å². The van der Waals surface area contributed by atoms with E-state index in [9.17, 15) is 18.8 Å². The van der Waals surface area contributed by atoms with E-state index in [0.29, 0.717) is 22.7 Å². The molecular formula is C32H33ClFN5O3. The second kappa shape index (κ2) is 11.9. The quantitative estimate of drug-likeness (QED) is 0.261. The number of carbonyl (C=O) groups is 2. The number of pyridine rings is 1. The first kappa shape index (κ1) is 29.3. The molecule has 0 spiro atoms. The summed E-state index contributed by atoms with van der Waals surface area (Å²) in [5, 5.41) is 5.90. The average Bonchev–Trinajstić information content (AvgIpc) is 3.38. The molecule has 8 nitrogen and oxygen atoms in total. The molecule has 2 N–H and O–H groups in total. The first-order valence-corrected chi connectivity index (χ1v) is 14.3. The van der Waals surface area contributed by atoms with Crippen LogP contribution in [0.15, 0.2) is 78.1 Å². The third-order valence-corrected chi connectivity index (χ3v) is 8.11. The Balaban J connectivity index is 1.40. The Kier molecular flexibility index (Phi) is 8.31. The van der Waals surface area contributed by atoms with Gasteiger partial charge in [-0.25, -0.2) is 9.37 Å². The molecule has 1 aliphatic rings. The zero-order chi connectivity index (χ0) is 30.0. The summed E-state index contributed by atoms with van der Waals surface area (Å²) in [4.78, 5) is 42.8. The first-order valence-electron chi connectivity index (χ1n) is 13.9. The van der Waals surface area contributed by atoms with Crippen LogP contribution in [0.5, 0.6) is 0 Å². The molecule has 0 bridgehead atoms. The Morgan fingerprint density at radius 1 is 1.05 bits per heavy atom. The van der Waals surface area contributed by atoms with Gasteiger partial charge in [-0.15, -0.1) is 0 Å². The van der Waals surface area contributed by atoms with Gasteiger partial charge in [-0.1, -0.05) is 29.8 Å². The number of imidazole rings is 1. The highest BCUT2D eigenvalue weighted by Crippen LogP contribution is 2.36. The Morgan fingerprint density at radius 3 is 2.36 bits per heavy atom. The average molecular weight is 590 g/mol. The molecule has 1 saturated carbocycles. The van der Waals surface area contributed by atoms with Crippen LogP contribution in [-0.2, 0) is 23.1 Å². The van der Waals surface area contributed by atoms with Crippen molar-refractivity contribution in [1.82, 2.24) is 19.4 Å². The highest BCUT2D eigenvalue weighted by molar-refractivity contribution is 6.31. The van der Waals surface area contributed by atoms with Crippen molar-refractivity contribution in [3.05, 3.63) is 94.3 Å². The number of hydrogen-bond acceptors (Lipinski definition) is 4. The van der Waals surface area contributed by atoms with Gasteiger partial charge in [0.1, 0.15) is 6.04 Å². The van der Waals surface area contributed by atoms with Gasteiger partial charge in [0.15, 0.2) is 5.67 Å². The maximum absolute atomic E-state index is 15.0. The molecule has 1 atom stereocenters. The number of anilines is 1. The van der Waals surface area contributed by atoms with Crippen molar-refractivity contribution in [2.45, 2.75) is 57.3 Å². The van der Waals surface area contributed by atoms with E-state index in [-0.39, 0.29) is 30.9 Å². The number of rotatable bonds is 9. The van der Waals surface area contributed by atoms with Crippen molar-refractivity contribution in [2.75, 3.05) is 5.32 Å². The number of hydrogen-bond donors (Lipinski definition) is 2. The second-order valence-electron chi connectivity index (χ2n) is 11.1. The van der Waals surface area contributed by atoms with Gasteiger partial charge in [0.2, 0.25) is 5.91 Å². The molecule has 2 heterocycles. The van der Waals surface area contributed by atoms with E-state index in [0.717, 1.165) is 22.4 Å². The predicted octanol–water partition coefficient (Wildman–Crippen LogP) is 5.71. The van der Waals surface area contributed by atoms with E-state index in [1.54, 1.807) is 47.6 Å². The van der Waals surface area contributed by atoms with Gasteiger partial charge in [-0.3, -0.25) is 14.4 Å². The summed E-state index contributed by atoms with van der Waals surface area (Å²) in [6, 6.07) is 14.8. The summed E-state index contributed by atoms with van der Waals surface area (Å²) in [6.07, 6.45) is 6.16. The number of amides is 2. The summed E-state index contributed by atoms with van der Waals surface area (Å²) >= 11 is 6.56. The standard InChI is InChI=1S/C32H33ClFN5O3/c1-20(2)39-18-23(8-12-29(39)40)22-7-11-26(33)24(15-22)16-27(37-31(42)32(34)13-4-14-32)30(41)36-25-9-5-21(6-10-25)28-17-35-19-38(28)3/h5-12,15,17-20,27H,4,13-14,16H2,1-3H3,(H,36,41)(H,37,42). The van der Waals surface area contributed by atoms with E-state index in [2.05, 4.69) is 15.6 Å². The molecule has 0 radical (unpaired) electrons. The largest absolute Gasteiger partial charge is 0.341 e. The highest BCUT2D eigenvalue weighted by Gasteiger charge is 2.45. The summed E-state index contributed by atoms with van der Waals surface area (Å²) in [6.45, 7) is 3.85. The van der Waals surface area contributed by atoms with Crippen LogP contribution in [0.1, 0.15) is 44.7 Å². The molecule has 218 valence electrons. The van der Waals surface area contributed by atoms with Crippen molar-refractivity contribution in [2.24, 2.45) is 7.05 Å². The molecule has 1 fully saturated rings. The number of carbonyl (C=O) groups excluding carboxylic acids is 2. The van der Waals surface area contributed by atoms with Crippen molar-refractivity contribution < 1.29 is 14.0 Å². The highest BCUT2D eigenvalue weighted by atomic mass is 35.5. The number of nitrogens with one attached hydrogen (secondary N) is 2. The molecule has 2 aromatic heterocycles. The van der Waals surface area contributed by atoms with Gasteiger partial charge in [-0.2, -0.15) is 0 Å². The zero-order valence-corrected chi connectivity index (χ0v) is 24.5. The summed E-state index contributed by atoms with van der Waals surface area (Å²) in [5.41, 5.74) is 2.49. The van der Waals surface area contributed by atoms with Crippen LogP contribution < -0.4 is 16.2 Å². The van der Waals surface area contributed by atoms with Crippen LogP contribution in [-0.4, -0.2) is 37.6 Å². The fourth-order valence-electron chi connectivity index (χ4n) is 5.01. The van der Waals surface area contributed by atoms with Gasteiger partial charge in [0.25, 0.3) is 11.5 Å². The Bertz CT molecular complexity index is 1670. The first-order chi connectivity index (χ1) is 20.0. The van der Waals surface area contributed by atoms with Crippen LogP contribution in [0, 0.1) is 0 Å². The van der Waals surface area contributed by atoms with Crippen LogP contribution in [0.25, 0.3) is 22.4 Å². The number of benzene rings is 2. The lowest BCUT2D eigenvalue weighted by atomic mass is 9.81. The van der Waals surface area contributed by atoms with Gasteiger partial charge in [-0.05, 0) is 85.7 Å². The molecule has 1 aliphatic carbocycles. The number of aryl methyl sites for hydroxylation is 1. The molecule has 0 saturated heterocycles. The van der Waals surface area contributed by atoms with Crippen molar-refractivity contribution >= 4 is 29.1 Å². The van der Waals surface area contributed by atoms with Crippen LogP contribution in [0.4, 0.5) is 10.1 Å². The van der Waals surface area contributed by atoms with E-state index in [1.165, 1.54) is 6.07 Å². The van der Waals surface area contributed by atoms with E-state index >= 15 is 0 Å². The van der Waals surface area contributed by atoms with Gasteiger partial charge >= 0.3 is 0 Å². The van der Waals surface area contributed by atoms with Gasteiger partial charge < -0.3 is 19.8 Å². The Morgan fingerprint density at radius 2 is 1.74 bits per heavy atom. The lowest BCUT2D eigenvalue weighted by molar-refractivity contribution is -0.140. The van der Waals surface area contributed by atoms with Crippen molar-refractivity contribution in [3.63, 3.8) is 0 Å². The fourth-order valence-corrected chi connectivity index (χ4v) is 5.20. The Hall–Kier alpha value is -4.24. The Labute approximate surface area is 248 Å². The van der Waals surface area contributed by atoms with E-state index in [4.69, 9.17) is 11.6 Å². The van der Waals surface area contributed by atoms with Crippen molar-refractivity contribution in [3.8, 4) is 22.4 Å². The molecule has 0 aliphatic heterocycles. The molecule has 2 amide bonds. The lowest BCUT2D eigenvalue weighted by Crippen LogP contribution is -2.54. The molecule has 1 unspecified atom stereocenters. The monoisotopic (exact) mass is 589 g/mol. The maximum atomic E-state index is 15.0. The lowest BCUT2D eigenvalue weighted by Gasteiger charge is -2.33. The normalized spacial score (nSPS) is 14.7. The minimum atomic E-state index is -1.97.